The van der Waals surface area contributed by atoms with Crippen molar-refractivity contribution < 1.29 is 13.2 Å². The van der Waals surface area contributed by atoms with Crippen LogP contribution in [0.2, 0.25) is 0 Å². The lowest BCUT2D eigenvalue weighted by Gasteiger charge is -2.33. The second-order valence-corrected chi connectivity index (χ2v) is 8.83. The fourth-order valence-corrected chi connectivity index (χ4v) is 4.75. The van der Waals surface area contributed by atoms with Gasteiger partial charge in [0.1, 0.15) is 0 Å². The summed E-state index contributed by atoms with van der Waals surface area (Å²) in [4.78, 5) is 14.6. The average Bonchev–Trinajstić information content (AvgIpc) is 2.69. The number of carbonyl (C=O) groups is 1. The van der Waals surface area contributed by atoms with Gasteiger partial charge in [0.05, 0.1) is 10.9 Å². The molecule has 1 N–H and O–H groups in total. The van der Waals surface area contributed by atoms with E-state index in [9.17, 15) is 13.2 Å². The van der Waals surface area contributed by atoms with Crippen LogP contribution in [0.4, 0.5) is 0 Å². The zero-order valence-corrected chi connectivity index (χ0v) is 16.4. The molecule has 1 aliphatic heterocycles. The summed E-state index contributed by atoms with van der Waals surface area (Å²) in [6.07, 6.45) is 2.91. The van der Waals surface area contributed by atoms with Gasteiger partial charge in [-0.15, -0.1) is 0 Å². The number of amides is 1. The standard InChI is InChI=1S/C21H26N2O3S/c1-17(22-27(25,26)20-10-6-3-7-11-20)21(24)23-14-12-19(13-15-23)16-18-8-4-2-5-9-18/h2-11,17,19,22H,12-16H2,1H3/t17-/m0/s1. The second kappa shape index (κ2) is 8.67. The first kappa shape index (κ1) is 19.6. The first-order valence-corrected chi connectivity index (χ1v) is 10.8. The third-order valence-corrected chi connectivity index (χ3v) is 6.61. The normalized spacial score (nSPS) is 16.9. The fraction of sp³-hybridized carbons (Fsp3) is 0.381. The number of benzene rings is 2. The number of hydrogen-bond acceptors (Lipinski definition) is 3. The number of likely N-dealkylation sites (tertiary alicyclic amines) is 1. The van der Waals surface area contributed by atoms with E-state index in [0.29, 0.717) is 19.0 Å². The van der Waals surface area contributed by atoms with Gasteiger partial charge < -0.3 is 4.90 Å². The zero-order chi connectivity index (χ0) is 19.3. The van der Waals surface area contributed by atoms with Crippen LogP contribution in [0.15, 0.2) is 65.6 Å². The summed E-state index contributed by atoms with van der Waals surface area (Å²) in [5, 5.41) is 0. The Morgan fingerprint density at radius 3 is 2.19 bits per heavy atom. The molecule has 5 nitrogen and oxygen atoms in total. The molecule has 0 spiro atoms. The van der Waals surface area contributed by atoms with E-state index < -0.39 is 16.1 Å². The summed E-state index contributed by atoms with van der Waals surface area (Å²) in [5.74, 6) is 0.403. The molecule has 0 unspecified atom stereocenters. The molecule has 0 aromatic heterocycles. The number of carbonyl (C=O) groups excluding carboxylic acids is 1. The van der Waals surface area contributed by atoms with Gasteiger partial charge in [0.25, 0.3) is 0 Å². The topological polar surface area (TPSA) is 66.5 Å². The van der Waals surface area contributed by atoms with Crippen LogP contribution in [0.3, 0.4) is 0 Å². The van der Waals surface area contributed by atoms with Crippen LogP contribution in [0.5, 0.6) is 0 Å². The van der Waals surface area contributed by atoms with E-state index >= 15 is 0 Å². The molecule has 1 aliphatic rings. The minimum absolute atomic E-state index is 0.160. The van der Waals surface area contributed by atoms with Crippen LogP contribution in [0, 0.1) is 5.92 Å². The first-order valence-electron chi connectivity index (χ1n) is 9.36. The van der Waals surface area contributed by atoms with Crippen molar-refractivity contribution in [2.75, 3.05) is 13.1 Å². The van der Waals surface area contributed by atoms with Gasteiger partial charge in [0, 0.05) is 13.1 Å². The van der Waals surface area contributed by atoms with Gasteiger partial charge in [0.15, 0.2) is 0 Å². The summed E-state index contributed by atoms with van der Waals surface area (Å²) in [6.45, 7) is 2.96. The van der Waals surface area contributed by atoms with Gasteiger partial charge in [-0.3, -0.25) is 4.79 Å². The Morgan fingerprint density at radius 2 is 1.59 bits per heavy atom. The van der Waals surface area contributed by atoms with Crippen LogP contribution in [0.25, 0.3) is 0 Å². The van der Waals surface area contributed by atoms with Crippen LogP contribution >= 0.6 is 0 Å². The third kappa shape index (κ3) is 5.17. The van der Waals surface area contributed by atoms with E-state index in [1.54, 1.807) is 30.0 Å². The van der Waals surface area contributed by atoms with Crippen LogP contribution in [0.1, 0.15) is 25.3 Å². The van der Waals surface area contributed by atoms with Gasteiger partial charge in [0.2, 0.25) is 15.9 Å². The van der Waals surface area contributed by atoms with Crippen molar-refractivity contribution >= 4 is 15.9 Å². The van der Waals surface area contributed by atoms with Crippen LogP contribution in [-0.4, -0.2) is 38.4 Å². The Hall–Kier alpha value is -2.18. The van der Waals surface area contributed by atoms with Crippen molar-refractivity contribution in [2.24, 2.45) is 5.92 Å². The van der Waals surface area contributed by atoms with E-state index in [0.717, 1.165) is 19.3 Å². The molecule has 1 fully saturated rings. The summed E-state index contributed by atoms with van der Waals surface area (Å²) in [5.41, 5.74) is 1.33. The molecule has 1 saturated heterocycles. The summed E-state index contributed by atoms with van der Waals surface area (Å²) >= 11 is 0. The van der Waals surface area contributed by atoms with E-state index in [1.165, 1.54) is 17.7 Å². The van der Waals surface area contributed by atoms with Gasteiger partial charge in [-0.05, 0) is 49.8 Å². The molecule has 0 aliphatic carbocycles. The van der Waals surface area contributed by atoms with Crippen molar-refractivity contribution in [3.63, 3.8) is 0 Å². The molecule has 1 amide bonds. The maximum atomic E-state index is 12.7. The minimum Gasteiger partial charge on any atom is -0.341 e. The summed E-state index contributed by atoms with van der Waals surface area (Å²) < 4.78 is 27.3. The smallest absolute Gasteiger partial charge is 0.241 e. The molecule has 2 aromatic rings. The highest BCUT2D eigenvalue weighted by Crippen LogP contribution is 2.22. The largest absolute Gasteiger partial charge is 0.341 e. The molecule has 27 heavy (non-hydrogen) atoms. The molecule has 0 radical (unpaired) electrons. The molecular weight excluding hydrogens is 360 g/mol. The molecule has 0 bridgehead atoms. The Morgan fingerprint density at radius 1 is 1.04 bits per heavy atom. The lowest BCUT2D eigenvalue weighted by molar-refractivity contribution is -0.133. The highest BCUT2D eigenvalue weighted by atomic mass is 32.2. The number of hydrogen-bond donors (Lipinski definition) is 1. The number of rotatable bonds is 6. The molecular formula is C21H26N2O3S. The minimum atomic E-state index is -3.69. The van der Waals surface area contributed by atoms with Crippen molar-refractivity contribution in [1.82, 2.24) is 9.62 Å². The van der Waals surface area contributed by atoms with Crippen LogP contribution < -0.4 is 4.72 Å². The van der Waals surface area contributed by atoms with Crippen molar-refractivity contribution in [1.29, 1.82) is 0 Å². The monoisotopic (exact) mass is 386 g/mol. The van der Waals surface area contributed by atoms with Crippen molar-refractivity contribution in [2.45, 2.75) is 37.1 Å². The number of sulfonamides is 1. The Bertz CT molecular complexity index is 846. The maximum absolute atomic E-state index is 12.7. The first-order chi connectivity index (χ1) is 13.0. The SMILES string of the molecule is C[C@H](NS(=O)(=O)c1ccccc1)C(=O)N1CCC(Cc2ccccc2)CC1. The molecule has 1 heterocycles. The van der Waals surface area contributed by atoms with Crippen LogP contribution in [-0.2, 0) is 21.2 Å². The van der Waals surface area contributed by atoms with E-state index in [-0.39, 0.29) is 10.8 Å². The van der Waals surface area contributed by atoms with E-state index in [2.05, 4.69) is 29.0 Å². The molecule has 0 saturated carbocycles. The van der Waals surface area contributed by atoms with Crippen molar-refractivity contribution in [3.05, 3.63) is 66.2 Å². The van der Waals surface area contributed by atoms with Gasteiger partial charge >= 0.3 is 0 Å². The second-order valence-electron chi connectivity index (χ2n) is 7.11. The van der Waals surface area contributed by atoms with Gasteiger partial charge in [-0.1, -0.05) is 48.5 Å². The van der Waals surface area contributed by atoms with E-state index in [1.807, 2.05) is 6.07 Å². The maximum Gasteiger partial charge on any atom is 0.241 e. The predicted molar refractivity (Wildman–Crippen MR) is 106 cm³/mol. The molecule has 2 aromatic carbocycles. The molecule has 3 rings (SSSR count). The molecule has 144 valence electrons. The Kier molecular flexibility index (Phi) is 6.29. The molecule has 1 atom stereocenters. The highest BCUT2D eigenvalue weighted by molar-refractivity contribution is 7.89. The quantitative estimate of drug-likeness (QED) is 0.830. The number of piperidine rings is 1. The predicted octanol–water partition coefficient (Wildman–Crippen LogP) is 2.83. The summed E-state index contributed by atoms with van der Waals surface area (Å²) in [7, 11) is -3.69. The lowest BCUT2D eigenvalue weighted by Crippen LogP contribution is -2.49. The Balaban J connectivity index is 1.53. The highest BCUT2D eigenvalue weighted by Gasteiger charge is 2.28. The van der Waals surface area contributed by atoms with Gasteiger partial charge in [-0.2, -0.15) is 4.72 Å². The Labute approximate surface area is 161 Å². The van der Waals surface area contributed by atoms with Gasteiger partial charge in [-0.25, -0.2) is 8.42 Å². The van der Waals surface area contributed by atoms with E-state index in [4.69, 9.17) is 0 Å². The lowest BCUT2D eigenvalue weighted by atomic mass is 9.90. The molecule has 6 heteroatoms. The zero-order valence-electron chi connectivity index (χ0n) is 15.5. The fourth-order valence-electron chi connectivity index (χ4n) is 3.53. The third-order valence-electron chi connectivity index (χ3n) is 5.05. The average molecular weight is 387 g/mol. The van der Waals surface area contributed by atoms with Crippen molar-refractivity contribution in [3.8, 4) is 0 Å². The number of nitrogens with one attached hydrogen (secondary N) is 1. The summed E-state index contributed by atoms with van der Waals surface area (Å²) in [6, 6.07) is 17.7. The number of nitrogens with zero attached hydrogens (tertiary/aromatic N) is 1.